The molecular weight excluding hydrogens is 427 g/mol. The van der Waals surface area contributed by atoms with Gasteiger partial charge in [-0.3, -0.25) is 0 Å². The van der Waals surface area contributed by atoms with E-state index in [2.05, 4.69) is 15.4 Å². The summed E-state index contributed by atoms with van der Waals surface area (Å²) in [5, 5.41) is 6.87. The van der Waals surface area contributed by atoms with Crippen molar-refractivity contribution in [1.82, 2.24) is 19.7 Å². The molecule has 2 bridgehead atoms. The van der Waals surface area contributed by atoms with Crippen molar-refractivity contribution in [3.8, 4) is 11.4 Å². The van der Waals surface area contributed by atoms with Crippen LogP contribution in [0, 0.1) is 0 Å². The van der Waals surface area contributed by atoms with Crippen molar-refractivity contribution in [2.75, 3.05) is 23.3 Å². The molecule has 2 atom stereocenters. The number of morpholine rings is 1. The number of amides is 2. The minimum absolute atomic E-state index is 0.0755. The summed E-state index contributed by atoms with van der Waals surface area (Å²) in [5.74, 6) is 0.804. The molecule has 2 aromatic heterocycles. The van der Waals surface area contributed by atoms with Crippen LogP contribution >= 0.6 is 0 Å². The van der Waals surface area contributed by atoms with Crippen LogP contribution in [0.3, 0.4) is 0 Å². The standard InChI is InChI=1S/C20H20F3N7O2/c21-20(22,23)10-30-18-15(7-25-30)17(29-8-13-5-6-14(9-29)32-13)27-16(28-18)11-1-3-12(4-2-11)26-19(24)31/h1-4,7,13-14H,5-6,8-10H2,(H3,24,26,31). The van der Waals surface area contributed by atoms with Crippen LogP contribution in [0.5, 0.6) is 0 Å². The number of halogens is 3. The summed E-state index contributed by atoms with van der Waals surface area (Å²) in [7, 11) is 0. The number of ether oxygens (including phenoxy) is 1. The van der Waals surface area contributed by atoms with Crippen molar-refractivity contribution in [3.05, 3.63) is 30.5 Å². The van der Waals surface area contributed by atoms with Crippen molar-refractivity contribution in [3.63, 3.8) is 0 Å². The summed E-state index contributed by atoms with van der Waals surface area (Å²) in [6.07, 6.45) is -1.01. The maximum absolute atomic E-state index is 13.1. The third-order valence-electron chi connectivity index (χ3n) is 5.56. The number of nitrogens with one attached hydrogen (secondary N) is 1. The van der Waals surface area contributed by atoms with Gasteiger partial charge in [-0.05, 0) is 37.1 Å². The first-order chi connectivity index (χ1) is 15.2. The number of primary amides is 1. The van der Waals surface area contributed by atoms with Crippen LogP contribution < -0.4 is 16.0 Å². The fraction of sp³-hybridized carbons (Fsp3) is 0.400. The number of hydrogen-bond donors (Lipinski definition) is 2. The monoisotopic (exact) mass is 447 g/mol. The molecule has 2 unspecified atom stereocenters. The summed E-state index contributed by atoms with van der Waals surface area (Å²) in [5.41, 5.74) is 6.30. The molecule has 9 nitrogen and oxygen atoms in total. The normalized spacial score (nSPS) is 20.7. The second-order valence-electron chi connectivity index (χ2n) is 7.95. The highest BCUT2D eigenvalue weighted by Gasteiger charge is 2.36. The minimum Gasteiger partial charge on any atom is -0.371 e. The zero-order chi connectivity index (χ0) is 22.5. The number of carbonyl (C=O) groups is 1. The van der Waals surface area contributed by atoms with E-state index in [9.17, 15) is 18.0 Å². The Morgan fingerprint density at radius 1 is 1.16 bits per heavy atom. The minimum atomic E-state index is -4.44. The first-order valence-electron chi connectivity index (χ1n) is 10.1. The molecule has 0 aliphatic carbocycles. The molecule has 1 aromatic carbocycles. The first kappa shape index (κ1) is 20.5. The second-order valence-corrected chi connectivity index (χ2v) is 7.95. The molecule has 12 heteroatoms. The third-order valence-corrected chi connectivity index (χ3v) is 5.56. The predicted octanol–water partition coefficient (Wildman–Crippen LogP) is 2.91. The van der Waals surface area contributed by atoms with E-state index in [4.69, 9.17) is 15.5 Å². The van der Waals surface area contributed by atoms with E-state index < -0.39 is 18.8 Å². The number of benzene rings is 1. The van der Waals surface area contributed by atoms with Gasteiger partial charge in [-0.15, -0.1) is 0 Å². The van der Waals surface area contributed by atoms with E-state index in [-0.39, 0.29) is 23.7 Å². The molecule has 3 N–H and O–H groups in total. The average Bonchev–Trinajstić information content (AvgIpc) is 3.28. The highest BCUT2D eigenvalue weighted by Crippen LogP contribution is 2.34. The number of carbonyl (C=O) groups excluding carboxylic acids is 1. The summed E-state index contributed by atoms with van der Waals surface area (Å²) >= 11 is 0. The predicted molar refractivity (Wildman–Crippen MR) is 110 cm³/mol. The Balaban J connectivity index is 1.59. The highest BCUT2D eigenvalue weighted by atomic mass is 19.4. The number of alkyl halides is 3. The zero-order valence-corrected chi connectivity index (χ0v) is 16.8. The Labute approximate surface area is 180 Å². The van der Waals surface area contributed by atoms with E-state index in [1.165, 1.54) is 6.20 Å². The molecule has 2 aliphatic heterocycles. The molecular formula is C20H20F3N7O2. The van der Waals surface area contributed by atoms with Crippen LogP contribution in [0.25, 0.3) is 22.4 Å². The van der Waals surface area contributed by atoms with E-state index in [1.807, 2.05) is 4.90 Å². The molecule has 2 saturated heterocycles. The topological polar surface area (TPSA) is 111 Å². The van der Waals surface area contributed by atoms with Gasteiger partial charge in [0.2, 0.25) is 0 Å². The van der Waals surface area contributed by atoms with Crippen LogP contribution in [-0.2, 0) is 11.3 Å². The van der Waals surface area contributed by atoms with Gasteiger partial charge in [0.25, 0.3) is 0 Å². The summed E-state index contributed by atoms with van der Waals surface area (Å²) < 4.78 is 46.1. The van der Waals surface area contributed by atoms with Crippen LogP contribution in [0.15, 0.2) is 30.5 Å². The summed E-state index contributed by atoms with van der Waals surface area (Å²) in [4.78, 5) is 22.2. The molecule has 2 fully saturated rings. The Hall–Kier alpha value is -3.41. The number of nitrogens with two attached hydrogens (primary N) is 1. The van der Waals surface area contributed by atoms with Crippen molar-refractivity contribution in [2.24, 2.45) is 5.73 Å². The van der Waals surface area contributed by atoms with Crippen LogP contribution in [-0.4, -0.2) is 57.3 Å². The first-order valence-corrected chi connectivity index (χ1v) is 10.1. The third kappa shape index (κ3) is 4.05. The molecule has 2 amide bonds. The fourth-order valence-corrected chi connectivity index (χ4v) is 4.23. The van der Waals surface area contributed by atoms with Crippen molar-refractivity contribution < 1.29 is 22.7 Å². The van der Waals surface area contributed by atoms with E-state index in [0.717, 1.165) is 17.5 Å². The molecule has 0 saturated carbocycles. The number of nitrogens with zero attached hydrogens (tertiary/aromatic N) is 5. The molecule has 5 rings (SSSR count). The van der Waals surface area contributed by atoms with Crippen molar-refractivity contribution in [1.29, 1.82) is 0 Å². The van der Waals surface area contributed by atoms with Gasteiger partial charge in [-0.1, -0.05) is 0 Å². The second kappa shape index (κ2) is 7.62. The number of fused-ring (bicyclic) bond motifs is 3. The molecule has 0 spiro atoms. The van der Waals surface area contributed by atoms with Crippen molar-refractivity contribution >= 4 is 28.6 Å². The van der Waals surface area contributed by atoms with Gasteiger partial charge in [0, 0.05) is 24.3 Å². The molecule has 0 radical (unpaired) electrons. The van der Waals surface area contributed by atoms with Gasteiger partial charge in [0.05, 0.1) is 23.8 Å². The Morgan fingerprint density at radius 2 is 1.84 bits per heavy atom. The van der Waals surface area contributed by atoms with Gasteiger partial charge >= 0.3 is 12.2 Å². The maximum atomic E-state index is 13.1. The number of hydrogen-bond acceptors (Lipinski definition) is 6. The fourth-order valence-electron chi connectivity index (χ4n) is 4.23. The lowest BCUT2D eigenvalue weighted by Gasteiger charge is -2.33. The molecule has 2 aliphatic rings. The van der Waals surface area contributed by atoms with Crippen LogP contribution in [0.2, 0.25) is 0 Å². The molecule has 3 aromatic rings. The van der Waals surface area contributed by atoms with E-state index in [0.29, 0.717) is 35.5 Å². The summed E-state index contributed by atoms with van der Waals surface area (Å²) in [6, 6.07) is 5.88. The lowest BCUT2D eigenvalue weighted by molar-refractivity contribution is -0.141. The lowest BCUT2D eigenvalue weighted by atomic mass is 10.2. The quantitative estimate of drug-likeness (QED) is 0.636. The highest BCUT2D eigenvalue weighted by molar-refractivity contribution is 5.90. The van der Waals surface area contributed by atoms with Crippen molar-refractivity contribution in [2.45, 2.75) is 37.8 Å². The Morgan fingerprint density at radius 3 is 2.47 bits per heavy atom. The average molecular weight is 447 g/mol. The Kier molecular flexibility index (Phi) is 4.88. The van der Waals surface area contributed by atoms with Gasteiger partial charge in [0.1, 0.15) is 12.4 Å². The van der Waals surface area contributed by atoms with Crippen LogP contribution in [0.4, 0.5) is 29.5 Å². The number of rotatable bonds is 4. The van der Waals surface area contributed by atoms with Gasteiger partial charge in [-0.2, -0.15) is 18.3 Å². The van der Waals surface area contributed by atoms with Crippen LogP contribution in [0.1, 0.15) is 12.8 Å². The number of urea groups is 1. The number of aromatic nitrogens is 4. The molecule has 32 heavy (non-hydrogen) atoms. The molecule has 4 heterocycles. The van der Waals surface area contributed by atoms with E-state index in [1.54, 1.807) is 24.3 Å². The maximum Gasteiger partial charge on any atom is 0.408 e. The zero-order valence-electron chi connectivity index (χ0n) is 16.8. The summed E-state index contributed by atoms with van der Waals surface area (Å²) in [6.45, 7) is -0.0375. The number of anilines is 2. The SMILES string of the molecule is NC(=O)Nc1ccc(-c2nc(N3CC4CCC(C3)O4)c3cnn(CC(F)(F)F)c3n2)cc1. The lowest BCUT2D eigenvalue weighted by Crippen LogP contribution is -2.43. The smallest absolute Gasteiger partial charge is 0.371 e. The largest absolute Gasteiger partial charge is 0.408 e. The van der Waals surface area contributed by atoms with E-state index >= 15 is 0 Å². The van der Waals surface area contributed by atoms with Gasteiger partial charge in [0.15, 0.2) is 11.5 Å². The van der Waals surface area contributed by atoms with Gasteiger partial charge in [-0.25, -0.2) is 19.4 Å². The van der Waals surface area contributed by atoms with Gasteiger partial charge < -0.3 is 20.7 Å². The Bertz CT molecular complexity index is 1150. The molecule has 168 valence electrons.